The van der Waals surface area contributed by atoms with Crippen molar-refractivity contribution in [2.45, 2.75) is 14.7 Å². The third-order valence-corrected chi connectivity index (χ3v) is 11.4. The van der Waals surface area contributed by atoms with Crippen LogP contribution in [0.1, 0.15) is 0 Å². The van der Waals surface area contributed by atoms with E-state index in [-0.39, 0.29) is 67.7 Å². The predicted molar refractivity (Wildman–Crippen MR) is 203 cm³/mol. The molecule has 0 saturated heterocycles. The molecule has 5 rings (SSSR count). The van der Waals surface area contributed by atoms with Gasteiger partial charge in [-0.05, 0) is 48.5 Å². The van der Waals surface area contributed by atoms with E-state index in [2.05, 4.69) is 59.8 Å². The Morgan fingerprint density at radius 3 is 2.18 bits per heavy atom. The number of halogens is 2. The van der Waals surface area contributed by atoms with Crippen LogP contribution in [0.2, 0.25) is 0 Å². The van der Waals surface area contributed by atoms with Gasteiger partial charge in [0.25, 0.3) is 20.2 Å². The standard InChI is InChI=1S/C29H24F2N8O16S5/c30-24-13-25(35-29(31)34-24)33-15-5-8-23(60(48,49)50)20(11-15)37-39-27-21(56-54-52-41)12-17-16(28(27)40)6-7-19(32-14-59(45,46)47)26(17)38-36-18-3-1-2-4-22(18)58(43,44)10-9-51-57-55-53-42/h1-8,11-13,32,40-42H,9-10,14H2,(H,33,34,35)(H,45,46,47)(H,48,49,50)/b38-36+,39-37+. The predicted octanol–water partition coefficient (Wildman–Crippen LogP) is 6.89. The summed E-state index contributed by atoms with van der Waals surface area (Å²) in [6.07, 6.45) is -1.43. The lowest BCUT2D eigenvalue weighted by atomic mass is 10.1. The number of hydrogen-bond acceptors (Lipinski definition) is 24. The monoisotopic (exact) mass is 938 g/mol. The fraction of sp³-hybridized carbons (Fsp3) is 0.103. The van der Waals surface area contributed by atoms with Crippen LogP contribution in [0.4, 0.5) is 48.7 Å². The number of rotatable bonds is 20. The summed E-state index contributed by atoms with van der Waals surface area (Å²) in [5.41, 5.74) is -1.88. The first-order valence-corrected chi connectivity index (χ1v) is 21.7. The fourth-order valence-electron chi connectivity index (χ4n) is 4.86. The first-order valence-electron chi connectivity index (χ1n) is 15.6. The van der Waals surface area contributed by atoms with Gasteiger partial charge in [-0.25, -0.2) is 18.9 Å². The molecule has 0 aliphatic rings. The Balaban J connectivity index is 1.64. The summed E-state index contributed by atoms with van der Waals surface area (Å²) in [7, 11) is -13.8. The summed E-state index contributed by atoms with van der Waals surface area (Å²) in [6.45, 7) is -0.446. The lowest BCUT2D eigenvalue weighted by Crippen LogP contribution is -2.13. The number of azo groups is 2. The maximum atomic E-state index is 13.7. The molecule has 1 aromatic heterocycles. The number of phenolic OH excluding ortho intramolecular Hbond substituents is 1. The highest BCUT2D eigenvalue weighted by molar-refractivity contribution is 7.94. The van der Waals surface area contributed by atoms with Gasteiger partial charge >= 0.3 is 6.08 Å². The highest BCUT2D eigenvalue weighted by atomic mass is 32.2. The molecule has 0 bridgehead atoms. The van der Waals surface area contributed by atoms with E-state index >= 15 is 0 Å². The summed E-state index contributed by atoms with van der Waals surface area (Å²) in [6, 6.07) is 12.5. The van der Waals surface area contributed by atoms with E-state index in [0.717, 1.165) is 24.3 Å². The van der Waals surface area contributed by atoms with Gasteiger partial charge in [0.15, 0.2) is 27.9 Å². The summed E-state index contributed by atoms with van der Waals surface area (Å²) in [5.74, 6) is -4.09. The minimum absolute atomic E-state index is 0.0763. The van der Waals surface area contributed by atoms with Gasteiger partial charge in [0.1, 0.15) is 39.3 Å². The number of sulfone groups is 1. The van der Waals surface area contributed by atoms with Crippen LogP contribution in [-0.4, -0.2) is 78.2 Å². The van der Waals surface area contributed by atoms with Crippen LogP contribution < -0.4 is 10.6 Å². The molecule has 60 heavy (non-hydrogen) atoms. The minimum Gasteiger partial charge on any atom is -0.505 e. The SMILES string of the molecule is O=S(=O)(O)CNc1ccc2c(O)c(/N=N/c3cc(Nc4cc(F)nc(F)n4)ccc3S(=O)(=O)O)c(SOOO)cc2c1/N=N/c1ccccc1S(=O)(=O)CCOSOOO. The van der Waals surface area contributed by atoms with Crippen LogP contribution in [-0.2, 0) is 53.0 Å². The zero-order chi connectivity index (χ0) is 43.7. The van der Waals surface area contributed by atoms with E-state index in [1.165, 1.54) is 36.4 Å². The maximum Gasteiger partial charge on any atom is 0.313 e. The largest absolute Gasteiger partial charge is 0.505 e. The molecule has 0 saturated carbocycles. The molecule has 0 aliphatic carbocycles. The van der Waals surface area contributed by atoms with E-state index in [0.29, 0.717) is 6.07 Å². The summed E-state index contributed by atoms with van der Waals surface area (Å²) < 4.78 is 134. The zero-order valence-corrected chi connectivity index (χ0v) is 33.3. The van der Waals surface area contributed by atoms with E-state index in [1.807, 2.05) is 0 Å². The molecule has 0 spiro atoms. The highest BCUT2D eigenvalue weighted by Gasteiger charge is 2.23. The number of nitrogens with one attached hydrogen (secondary N) is 2. The van der Waals surface area contributed by atoms with Gasteiger partial charge < -0.3 is 15.7 Å². The smallest absolute Gasteiger partial charge is 0.313 e. The number of fused-ring (bicyclic) bond motifs is 1. The zero-order valence-electron chi connectivity index (χ0n) is 29.2. The van der Waals surface area contributed by atoms with E-state index < -0.39 is 88.2 Å². The summed E-state index contributed by atoms with van der Waals surface area (Å²) >= 11 is 0.340. The third-order valence-electron chi connectivity index (χ3n) is 7.24. The number of hydrogen-bond donors (Lipinski definition) is 7. The molecule has 0 amide bonds. The number of aromatic nitrogens is 2. The van der Waals surface area contributed by atoms with Crippen molar-refractivity contribution in [3.63, 3.8) is 0 Å². The topological polar surface area (TPSA) is 349 Å². The normalized spacial score (nSPS) is 12.5. The van der Waals surface area contributed by atoms with Crippen LogP contribution in [0.15, 0.2) is 102 Å². The van der Waals surface area contributed by atoms with Gasteiger partial charge in [0.05, 0.1) is 39.9 Å². The van der Waals surface area contributed by atoms with Gasteiger partial charge in [-0.1, -0.05) is 22.2 Å². The third kappa shape index (κ3) is 12.2. The molecular formula is C29H24F2N8O16S5. The van der Waals surface area contributed by atoms with Crippen molar-refractivity contribution in [1.82, 2.24) is 9.97 Å². The van der Waals surface area contributed by atoms with Crippen LogP contribution in [0.5, 0.6) is 5.75 Å². The molecule has 0 unspecified atom stereocenters. The van der Waals surface area contributed by atoms with Crippen molar-refractivity contribution in [3.8, 4) is 5.75 Å². The Kier molecular flexibility index (Phi) is 15.3. The van der Waals surface area contributed by atoms with Crippen molar-refractivity contribution in [1.29, 1.82) is 0 Å². The van der Waals surface area contributed by atoms with Gasteiger partial charge in [-0.2, -0.15) is 35.6 Å². The first kappa shape index (κ1) is 45.9. The number of aromatic hydroxyl groups is 1. The second kappa shape index (κ2) is 20.0. The van der Waals surface area contributed by atoms with Gasteiger partial charge in [-0.15, -0.1) is 29.1 Å². The molecule has 31 heteroatoms. The van der Waals surface area contributed by atoms with Gasteiger partial charge in [-0.3, -0.25) is 13.3 Å². The fourth-order valence-corrected chi connectivity index (χ4v) is 7.84. The highest BCUT2D eigenvalue weighted by Crippen LogP contribution is 2.48. The average Bonchev–Trinajstić information content (AvgIpc) is 3.17. The van der Waals surface area contributed by atoms with Crippen molar-refractivity contribution in [3.05, 3.63) is 78.8 Å². The molecule has 0 atom stereocenters. The minimum atomic E-state index is -5.01. The Hall–Kier alpha value is -5.13. The van der Waals surface area contributed by atoms with E-state index in [1.54, 1.807) is 0 Å². The Morgan fingerprint density at radius 2 is 1.48 bits per heavy atom. The number of benzene rings is 4. The van der Waals surface area contributed by atoms with Crippen LogP contribution in [0.3, 0.4) is 0 Å². The van der Waals surface area contributed by atoms with E-state index in [9.17, 15) is 48.2 Å². The molecular weight excluding hydrogens is 915 g/mol. The lowest BCUT2D eigenvalue weighted by molar-refractivity contribution is -0.434. The molecule has 5 aromatic rings. The molecule has 24 nitrogen and oxygen atoms in total. The van der Waals surface area contributed by atoms with Crippen LogP contribution >= 0.6 is 24.4 Å². The van der Waals surface area contributed by atoms with Crippen LogP contribution in [0, 0.1) is 12.0 Å². The molecule has 0 fully saturated rings. The Labute approximate surface area is 344 Å². The number of anilines is 3. The Bertz CT molecular complexity index is 2770. The molecule has 320 valence electrons. The second-order valence-corrected chi connectivity index (χ2v) is 17.3. The van der Waals surface area contributed by atoms with Crippen LogP contribution in [0.25, 0.3) is 10.8 Å². The maximum absolute atomic E-state index is 13.7. The molecule has 0 aliphatic heterocycles. The average molecular weight is 939 g/mol. The van der Waals surface area contributed by atoms with Gasteiger partial charge in [0, 0.05) is 22.5 Å². The lowest BCUT2D eigenvalue weighted by Gasteiger charge is -2.14. The van der Waals surface area contributed by atoms with Crippen molar-refractivity contribution in [2.24, 2.45) is 20.5 Å². The Morgan fingerprint density at radius 1 is 0.767 bits per heavy atom. The summed E-state index contributed by atoms with van der Waals surface area (Å²) in [4.78, 5) is 4.78. The quantitative estimate of drug-likeness (QED) is 0.00610. The molecule has 1 heterocycles. The summed E-state index contributed by atoms with van der Waals surface area (Å²) in [5, 5.41) is 56.4. The number of nitrogens with zero attached hydrogens (tertiary/aromatic N) is 6. The molecule has 4 aromatic carbocycles. The number of phenols is 1. The first-order chi connectivity index (χ1) is 28.4. The van der Waals surface area contributed by atoms with Gasteiger partial charge in [0.2, 0.25) is 5.95 Å². The van der Waals surface area contributed by atoms with Crippen molar-refractivity contribution < 1.29 is 81.7 Å². The van der Waals surface area contributed by atoms with E-state index in [4.69, 9.17) is 14.7 Å². The molecule has 0 radical (unpaired) electrons. The molecule has 7 N–H and O–H groups in total. The van der Waals surface area contributed by atoms with Crippen molar-refractivity contribution >= 4 is 105 Å². The van der Waals surface area contributed by atoms with Crippen molar-refractivity contribution in [2.75, 3.05) is 28.9 Å². The second-order valence-electron chi connectivity index (χ2n) is 11.1.